The Morgan fingerprint density at radius 3 is 2.52 bits per heavy atom. The standard InChI is InChI=1S/C18H24N4O3/c1-11(2)16(22-9-3-4-15(22)23)18(25)20-13-7-8-14(19-10-13)21-17(24)12-5-6-12/h7-8,10-12,16H,3-6,9H2,1-2H3,(H,20,25)(H,19,21,24). The van der Waals surface area contributed by atoms with E-state index in [1.807, 2.05) is 13.8 Å². The van der Waals surface area contributed by atoms with E-state index in [1.165, 1.54) is 6.20 Å². The lowest BCUT2D eigenvalue weighted by Crippen LogP contribution is -2.47. The van der Waals surface area contributed by atoms with Crippen molar-refractivity contribution in [1.82, 2.24) is 9.88 Å². The second-order valence-corrected chi connectivity index (χ2v) is 7.06. The van der Waals surface area contributed by atoms with Gasteiger partial charge in [-0.3, -0.25) is 14.4 Å². The number of amides is 3. The highest BCUT2D eigenvalue weighted by Crippen LogP contribution is 2.30. The molecule has 3 amide bonds. The molecule has 3 rings (SSSR count). The van der Waals surface area contributed by atoms with E-state index in [0.29, 0.717) is 24.5 Å². The van der Waals surface area contributed by atoms with Crippen LogP contribution >= 0.6 is 0 Å². The first-order chi connectivity index (χ1) is 12.0. The van der Waals surface area contributed by atoms with Crippen molar-refractivity contribution in [3.8, 4) is 0 Å². The molecule has 25 heavy (non-hydrogen) atoms. The smallest absolute Gasteiger partial charge is 0.247 e. The first-order valence-electron chi connectivity index (χ1n) is 8.83. The molecule has 7 heteroatoms. The van der Waals surface area contributed by atoms with E-state index in [4.69, 9.17) is 0 Å². The fourth-order valence-corrected chi connectivity index (χ4v) is 3.10. The molecular formula is C18H24N4O3. The number of rotatable bonds is 6. The van der Waals surface area contributed by atoms with E-state index < -0.39 is 6.04 Å². The molecule has 2 N–H and O–H groups in total. The van der Waals surface area contributed by atoms with Crippen molar-refractivity contribution in [3.05, 3.63) is 18.3 Å². The Balaban J connectivity index is 1.62. The molecule has 1 atom stereocenters. The second kappa shape index (κ2) is 7.21. The number of hydrogen-bond donors (Lipinski definition) is 2. The molecule has 1 saturated heterocycles. The maximum absolute atomic E-state index is 12.6. The van der Waals surface area contributed by atoms with Gasteiger partial charge in [0.05, 0.1) is 11.9 Å². The van der Waals surface area contributed by atoms with Crippen molar-refractivity contribution < 1.29 is 14.4 Å². The lowest BCUT2D eigenvalue weighted by atomic mass is 10.0. The third-order valence-corrected chi connectivity index (χ3v) is 4.58. The third-order valence-electron chi connectivity index (χ3n) is 4.58. The van der Waals surface area contributed by atoms with Gasteiger partial charge in [-0.1, -0.05) is 13.8 Å². The van der Waals surface area contributed by atoms with Gasteiger partial charge in [0.25, 0.3) is 0 Å². The van der Waals surface area contributed by atoms with Crippen molar-refractivity contribution in [1.29, 1.82) is 0 Å². The van der Waals surface area contributed by atoms with Crippen LogP contribution in [0.25, 0.3) is 0 Å². The summed E-state index contributed by atoms with van der Waals surface area (Å²) in [5.41, 5.74) is 0.548. The summed E-state index contributed by atoms with van der Waals surface area (Å²) in [6, 6.07) is 2.89. The zero-order valence-corrected chi connectivity index (χ0v) is 14.6. The molecule has 1 aliphatic heterocycles. The van der Waals surface area contributed by atoms with Crippen LogP contribution in [0.2, 0.25) is 0 Å². The molecule has 1 aromatic rings. The summed E-state index contributed by atoms with van der Waals surface area (Å²) < 4.78 is 0. The molecule has 2 aliphatic rings. The van der Waals surface area contributed by atoms with Gasteiger partial charge in [-0.2, -0.15) is 0 Å². The van der Waals surface area contributed by atoms with Gasteiger partial charge in [0.1, 0.15) is 11.9 Å². The van der Waals surface area contributed by atoms with Crippen LogP contribution in [-0.2, 0) is 14.4 Å². The topological polar surface area (TPSA) is 91.4 Å². The lowest BCUT2D eigenvalue weighted by Gasteiger charge is -2.29. The quantitative estimate of drug-likeness (QED) is 0.826. The predicted octanol–water partition coefficient (Wildman–Crippen LogP) is 2.02. The molecule has 7 nitrogen and oxygen atoms in total. The van der Waals surface area contributed by atoms with Crippen LogP contribution in [0.3, 0.4) is 0 Å². The van der Waals surface area contributed by atoms with Crippen molar-refractivity contribution >= 4 is 29.2 Å². The van der Waals surface area contributed by atoms with Crippen LogP contribution < -0.4 is 10.6 Å². The molecule has 2 heterocycles. The van der Waals surface area contributed by atoms with E-state index in [0.717, 1.165) is 19.3 Å². The van der Waals surface area contributed by atoms with Crippen molar-refractivity contribution in [2.75, 3.05) is 17.2 Å². The summed E-state index contributed by atoms with van der Waals surface area (Å²) in [4.78, 5) is 42.2. The van der Waals surface area contributed by atoms with Crippen LogP contribution in [-0.4, -0.2) is 40.2 Å². The molecule has 0 radical (unpaired) electrons. The van der Waals surface area contributed by atoms with Gasteiger partial charge in [0.2, 0.25) is 17.7 Å². The highest BCUT2D eigenvalue weighted by atomic mass is 16.2. The van der Waals surface area contributed by atoms with Crippen molar-refractivity contribution in [2.45, 2.75) is 45.6 Å². The molecular weight excluding hydrogens is 320 g/mol. The number of nitrogens with one attached hydrogen (secondary N) is 2. The fraction of sp³-hybridized carbons (Fsp3) is 0.556. The number of hydrogen-bond acceptors (Lipinski definition) is 4. The predicted molar refractivity (Wildman–Crippen MR) is 93.8 cm³/mol. The zero-order valence-electron chi connectivity index (χ0n) is 14.6. The van der Waals surface area contributed by atoms with Crippen molar-refractivity contribution in [3.63, 3.8) is 0 Å². The third kappa shape index (κ3) is 4.15. The Morgan fingerprint density at radius 1 is 1.24 bits per heavy atom. The SMILES string of the molecule is CC(C)C(C(=O)Nc1ccc(NC(=O)C2CC2)nc1)N1CCCC1=O. The van der Waals surface area contributed by atoms with E-state index in [1.54, 1.807) is 17.0 Å². The van der Waals surface area contributed by atoms with Gasteiger partial charge in [0, 0.05) is 18.9 Å². The molecule has 0 aromatic carbocycles. The molecule has 134 valence electrons. The number of carbonyl (C=O) groups is 3. The molecule has 1 aromatic heterocycles. The normalized spacial score (nSPS) is 18.4. The Kier molecular flexibility index (Phi) is 5.01. The molecule has 1 aliphatic carbocycles. The number of anilines is 2. The summed E-state index contributed by atoms with van der Waals surface area (Å²) in [6.45, 7) is 4.49. The number of likely N-dealkylation sites (tertiary alicyclic amines) is 1. The number of pyridine rings is 1. The van der Waals surface area contributed by atoms with Crippen LogP contribution in [0.15, 0.2) is 18.3 Å². The Hall–Kier alpha value is -2.44. The Labute approximate surface area is 147 Å². The van der Waals surface area contributed by atoms with Crippen molar-refractivity contribution in [2.24, 2.45) is 11.8 Å². The first-order valence-corrected chi connectivity index (χ1v) is 8.83. The molecule has 2 fully saturated rings. The molecule has 0 spiro atoms. The van der Waals surface area contributed by atoms with Gasteiger partial charge in [0.15, 0.2) is 0 Å². The average Bonchev–Trinajstić information content (AvgIpc) is 3.33. The van der Waals surface area contributed by atoms with Crippen LogP contribution in [0.5, 0.6) is 0 Å². The first kappa shape index (κ1) is 17.4. The summed E-state index contributed by atoms with van der Waals surface area (Å²) in [7, 11) is 0. The maximum Gasteiger partial charge on any atom is 0.247 e. The van der Waals surface area contributed by atoms with E-state index in [-0.39, 0.29) is 29.6 Å². The summed E-state index contributed by atoms with van der Waals surface area (Å²) in [5.74, 6) is 0.437. The minimum absolute atomic E-state index is 0.00305. The van der Waals surface area contributed by atoms with Crippen LogP contribution in [0, 0.1) is 11.8 Å². The maximum atomic E-state index is 12.6. The van der Waals surface area contributed by atoms with Gasteiger partial charge in [-0.25, -0.2) is 4.98 Å². The van der Waals surface area contributed by atoms with Gasteiger partial charge in [-0.05, 0) is 37.3 Å². The van der Waals surface area contributed by atoms with Crippen LogP contribution in [0.1, 0.15) is 39.5 Å². The van der Waals surface area contributed by atoms with Gasteiger partial charge in [-0.15, -0.1) is 0 Å². The summed E-state index contributed by atoms with van der Waals surface area (Å²) >= 11 is 0. The largest absolute Gasteiger partial charge is 0.330 e. The molecule has 1 saturated carbocycles. The minimum Gasteiger partial charge on any atom is -0.330 e. The summed E-state index contributed by atoms with van der Waals surface area (Å²) in [6.07, 6.45) is 4.70. The molecule has 1 unspecified atom stereocenters. The lowest BCUT2D eigenvalue weighted by molar-refractivity contribution is -0.136. The van der Waals surface area contributed by atoms with Gasteiger partial charge < -0.3 is 15.5 Å². The van der Waals surface area contributed by atoms with E-state index in [2.05, 4.69) is 15.6 Å². The highest BCUT2D eigenvalue weighted by Gasteiger charge is 2.35. The van der Waals surface area contributed by atoms with Crippen LogP contribution in [0.4, 0.5) is 11.5 Å². The summed E-state index contributed by atoms with van der Waals surface area (Å²) in [5, 5.41) is 5.59. The Morgan fingerprint density at radius 2 is 2.00 bits per heavy atom. The zero-order chi connectivity index (χ0) is 18.0. The minimum atomic E-state index is -0.482. The fourth-order valence-electron chi connectivity index (χ4n) is 3.10. The number of aromatic nitrogens is 1. The van der Waals surface area contributed by atoms with E-state index in [9.17, 15) is 14.4 Å². The van der Waals surface area contributed by atoms with Gasteiger partial charge >= 0.3 is 0 Å². The molecule has 0 bridgehead atoms. The number of nitrogens with zero attached hydrogens (tertiary/aromatic N) is 2. The Bertz CT molecular complexity index is 667. The second-order valence-electron chi connectivity index (χ2n) is 7.06. The monoisotopic (exact) mass is 344 g/mol. The average molecular weight is 344 g/mol. The van der Waals surface area contributed by atoms with E-state index >= 15 is 0 Å². The number of carbonyl (C=O) groups excluding carboxylic acids is 3. The highest BCUT2D eigenvalue weighted by molar-refractivity contribution is 5.98.